The average molecular weight is 247 g/mol. The lowest BCUT2D eigenvalue weighted by atomic mass is 9.97. The number of carbonyl (C=O) groups is 2. The van der Waals surface area contributed by atoms with Crippen molar-refractivity contribution in [2.75, 3.05) is 18.0 Å². The Kier molecular flexibility index (Phi) is 3.50. The Bertz CT molecular complexity index is 456. The highest BCUT2D eigenvalue weighted by atomic mass is 16.1. The molecule has 0 saturated carbocycles. The Hall–Kier alpha value is -2.04. The van der Waals surface area contributed by atoms with Gasteiger partial charge in [0.15, 0.2) is 0 Å². The molecule has 96 valence electrons. The number of amides is 2. The van der Waals surface area contributed by atoms with Crippen LogP contribution in [0.2, 0.25) is 0 Å². The minimum atomic E-state index is -0.435. The molecule has 1 fully saturated rings. The highest BCUT2D eigenvalue weighted by Crippen LogP contribution is 2.23. The van der Waals surface area contributed by atoms with Gasteiger partial charge in [-0.1, -0.05) is 0 Å². The van der Waals surface area contributed by atoms with Crippen LogP contribution >= 0.6 is 0 Å². The molecule has 1 unspecified atom stereocenters. The van der Waals surface area contributed by atoms with Gasteiger partial charge >= 0.3 is 0 Å². The summed E-state index contributed by atoms with van der Waals surface area (Å²) >= 11 is 0. The SMILES string of the molecule is NC(=O)c1ccc(N2CCCC(C(N)=O)C2)cc1. The van der Waals surface area contributed by atoms with Crippen molar-refractivity contribution in [1.29, 1.82) is 0 Å². The van der Waals surface area contributed by atoms with E-state index in [1.807, 2.05) is 12.1 Å². The second-order valence-corrected chi connectivity index (χ2v) is 4.60. The van der Waals surface area contributed by atoms with Crippen LogP contribution in [0.25, 0.3) is 0 Å². The Labute approximate surface area is 106 Å². The van der Waals surface area contributed by atoms with E-state index in [0.29, 0.717) is 12.1 Å². The summed E-state index contributed by atoms with van der Waals surface area (Å²) < 4.78 is 0. The number of nitrogens with two attached hydrogens (primary N) is 2. The summed E-state index contributed by atoms with van der Waals surface area (Å²) in [6.45, 7) is 1.55. The van der Waals surface area contributed by atoms with Crippen LogP contribution in [-0.2, 0) is 4.79 Å². The zero-order valence-electron chi connectivity index (χ0n) is 10.1. The van der Waals surface area contributed by atoms with Gasteiger partial charge in [0, 0.05) is 24.3 Å². The molecule has 0 bridgehead atoms. The molecule has 1 aliphatic rings. The van der Waals surface area contributed by atoms with Crippen molar-refractivity contribution in [1.82, 2.24) is 0 Å². The maximum atomic E-state index is 11.2. The average Bonchev–Trinajstić information content (AvgIpc) is 2.39. The molecule has 5 nitrogen and oxygen atoms in total. The van der Waals surface area contributed by atoms with E-state index >= 15 is 0 Å². The Morgan fingerprint density at radius 1 is 1.17 bits per heavy atom. The maximum absolute atomic E-state index is 11.2. The molecule has 1 aliphatic heterocycles. The van der Waals surface area contributed by atoms with Gasteiger partial charge in [-0.25, -0.2) is 0 Å². The third-order valence-electron chi connectivity index (χ3n) is 3.34. The molecule has 0 spiro atoms. The fourth-order valence-electron chi connectivity index (χ4n) is 2.28. The molecule has 1 atom stereocenters. The quantitative estimate of drug-likeness (QED) is 0.814. The van der Waals surface area contributed by atoms with Gasteiger partial charge in [-0.15, -0.1) is 0 Å². The first-order valence-electron chi connectivity index (χ1n) is 6.02. The van der Waals surface area contributed by atoms with Gasteiger partial charge in [0.05, 0.1) is 5.92 Å². The fraction of sp³-hybridized carbons (Fsp3) is 0.385. The summed E-state index contributed by atoms with van der Waals surface area (Å²) in [5.74, 6) is -0.766. The van der Waals surface area contributed by atoms with Crippen LogP contribution in [0, 0.1) is 5.92 Å². The maximum Gasteiger partial charge on any atom is 0.248 e. The largest absolute Gasteiger partial charge is 0.371 e. The number of rotatable bonds is 3. The van der Waals surface area contributed by atoms with Crippen molar-refractivity contribution >= 4 is 17.5 Å². The second-order valence-electron chi connectivity index (χ2n) is 4.60. The topological polar surface area (TPSA) is 89.4 Å². The van der Waals surface area contributed by atoms with Crippen molar-refractivity contribution in [3.05, 3.63) is 29.8 Å². The predicted octanol–water partition coefficient (Wildman–Crippen LogP) is 0.487. The van der Waals surface area contributed by atoms with Gasteiger partial charge in [0.1, 0.15) is 0 Å². The minimum Gasteiger partial charge on any atom is -0.371 e. The number of anilines is 1. The van der Waals surface area contributed by atoms with E-state index in [4.69, 9.17) is 11.5 Å². The number of primary amides is 2. The summed E-state index contributed by atoms with van der Waals surface area (Å²) in [6.07, 6.45) is 1.80. The van der Waals surface area contributed by atoms with Crippen molar-refractivity contribution in [3.63, 3.8) is 0 Å². The zero-order chi connectivity index (χ0) is 13.1. The number of hydrogen-bond donors (Lipinski definition) is 2. The molecule has 1 heterocycles. The Morgan fingerprint density at radius 3 is 2.39 bits per heavy atom. The third-order valence-corrected chi connectivity index (χ3v) is 3.34. The van der Waals surface area contributed by atoms with E-state index in [-0.39, 0.29) is 11.8 Å². The summed E-state index contributed by atoms with van der Waals surface area (Å²) in [7, 11) is 0. The first kappa shape index (κ1) is 12.4. The summed E-state index contributed by atoms with van der Waals surface area (Å²) in [5.41, 5.74) is 12.0. The van der Waals surface area contributed by atoms with Crippen LogP contribution in [0.4, 0.5) is 5.69 Å². The lowest BCUT2D eigenvalue weighted by molar-refractivity contribution is -0.122. The molecule has 1 aromatic rings. The Balaban J connectivity index is 2.11. The molecule has 5 heteroatoms. The molecule has 18 heavy (non-hydrogen) atoms. The van der Waals surface area contributed by atoms with Gasteiger partial charge < -0.3 is 16.4 Å². The molecular formula is C13H17N3O2. The molecule has 0 radical (unpaired) electrons. The Morgan fingerprint density at radius 2 is 1.83 bits per heavy atom. The van der Waals surface area contributed by atoms with E-state index in [2.05, 4.69) is 4.90 Å². The first-order valence-corrected chi connectivity index (χ1v) is 6.02. The number of nitrogens with zero attached hydrogens (tertiary/aromatic N) is 1. The third kappa shape index (κ3) is 2.61. The van der Waals surface area contributed by atoms with E-state index < -0.39 is 5.91 Å². The van der Waals surface area contributed by atoms with Crippen molar-refractivity contribution < 1.29 is 9.59 Å². The molecule has 1 saturated heterocycles. The standard InChI is InChI=1S/C13H17N3O2/c14-12(17)9-3-5-11(6-4-9)16-7-1-2-10(8-16)13(15)18/h3-6,10H,1-2,7-8H2,(H2,14,17)(H2,15,18). The van der Waals surface area contributed by atoms with Crippen molar-refractivity contribution in [2.45, 2.75) is 12.8 Å². The normalized spacial score (nSPS) is 19.6. The highest BCUT2D eigenvalue weighted by molar-refractivity contribution is 5.93. The number of carbonyl (C=O) groups excluding carboxylic acids is 2. The monoisotopic (exact) mass is 247 g/mol. The highest BCUT2D eigenvalue weighted by Gasteiger charge is 2.24. The van der Waals surface area contributed by atoms with Gasteiger partial charge in [-0.2, -0.15) is 0 Å². The van der Waals surface area contributed by atoms with Crippen LogP contribution < -0.4 is 16.4 Å². The summed E-state index contributed by atoms with van der Waals surface area (Å²) in [6, 6.07) is 7.10. The fourth-order valence-corrected chi connectivity index (χ4v) is 2.28. The lowest BCUT2D eigenvalue weighted by Gasteiger charge is -2.33. The lowest BCUT2D eigenvalue weighted by Crippen LogP contribution is -2.41. The van der Waals surface area contributed by atoms with Crippen LogP contribution in [0.3, 0.4) is 0 Å². The molecule has 2 rings (SSSR count). The second kappa shape index (κ2) is 5.08. The first-order chi connectivity index (χ1) is 8.58. The van der Waals surface area contributed by atoms with E-state index in [9.17, 15) is 9.59 Å². The van der Waals surface area contributed by atoms with E-state index in [0.717, 1.165) is 25.1 Å². The molecule has 0 aromatic heterocycles. The van der Waals surface area contributed by atoms with E-state index in [1.165, 1.54) is 0 Å². The summed E-state index contributed by atoms with van der Waals surface area (Å²) in [4.78, 5) is 24.3. The van der Waals surface area contributed by atoms with E-state index in [1.54, 1.807) is 12.1 Å². The number of benzene rings is 1. The van der Waals surface area contributed by atoms with Crippen LogP contribution in [0.5, 0.6) is 0 Å². The number of hydrogen-bond acceptors (Lipinski definition) is 3. The number of piperidine rings is 1. The zero-order valence-corrected chi connectivity index (χ0v) is 10.1. The van der Waals surface area contributed by atoms with Gasteiger partial charge in [-0.3, -0.25) is 9.59 Å². The van der Waals surface area contributed by atoms with Crippen molar-refractivity contribution in [3.8, 4) is 0 Å². The van der Waals surface area contributed by atoms with Gasteiger partial charge in [-0.05, 0) is 37.1 Å². The predicted molar refractivity (Wildman–Crippen MR) is 69.1 cm³/mol. The molecule has 2 amide bonds. The molecule has 0 aliphatic carbocycles. The van der Waals surface area contributed by atoms with Gasteiger partial charge in [0.25, 0.3) is 0 Å². The minimum absolute atomic E-state index is 0.0884. The van der Waals surface area contributed by atoms with Gasteiger partial charge in [0.2, 0.25) is 11.8 Å². The van der Waals surface area contributed by atoms with Crippen LogP contribution in [0.1, 0.15) is 23.2 Å². The molecule has 4 N–H and O–H groups in total. The van der Waals surface area contributed by atoms with Crippen LogP contribution in [-0.4, -0.2) is 24.9 Å². The van der Waals surface area contributed by atoms with Crippen LogP contribution in [0.15, 0.2) is 24.3 Å². The molecular weight excluding hydrogens is 230 g/mol. The summed E-state index contributed by atoms with van der Waals surface area (Å²) in [5, 5.41) is 0. The van der Waals surface area contributed by atoms with Crippen molar-refractivity contribution in [2.24, 2.45) is 17.4 Å². The smallest absolute Gasteiger partial charge is 0.248 e. The molecule has 1 aromatic carbocycles.